The van der Waals surface area contributed by atoms with Gasteiger partial charge in [-0.05, 0) is 34.2 Å². The Hall–Kier alpha value is -2.80. The average molecular weight is 434 g/mol. The number of carbonyl (C=O) groups is 1. The lowest BCUT2D eigenvalue weighted by Gasteiger charge is -2.41. The van der Waals surface area contributed by atoms with Crippen molar-refractivity contribution < 1.29 is 9.53 Å². The summed E-state index contributed by atoms with van der Waals surface area (Å²) in [6.07, 6.45) is 5.86. The third-order valence-electron chi connectivity index (χ3n) is 5.46. The Morgan fingerprint density at radius 3 is 2.81 bits per heavy atom. The molecule has 4 rings (SSSR count). The summed E-state index contributed by atoms with van der Waals surface area (Å²) in [7, 11) is 0. The molecule has 0 radical (unpaired) electrons. The van der Waals surface area contributed by atoms with E-state index in [2.05, 4.69) is 69.6 Å². The highest BCUT2D eigenvalue weighted by Gasteiger charge is 2.43. The number of ether oxygens (including phenoxy) is 1. The van der Waals surface area contributed by atoms with E-state index in [9.17, 15) is 4.79 Å². The van der Waals surface area contributed by atoms with Crippen LogP contribution in [0.25, 0.3) is 10.4 Å². The first-order chi connectivity index (χ1) is 15.2. The van der Waals surface area contributed by atoms with Crippen LogP contribution in [0.3, 0.4) is 0 Å². The lowest BCUT2D eigenvalue weighted by Crippen LogP contribution is -2.61. The number of amides is 1. The van der Waals surface area contributed by atoms with Crippen LogP contribution in [0.2, 0.25) is 0 Å². The number of thiophene rings is 1. The maximum atomic E-state index is 13.2. The first kappa shape index (κ1) is 21.4. The van der Waals surface area contributed by atoms with E-state index in [0.29, 0.717) is 26.1 Å². The number of hydrogen-bond acceptors (Lipinski definition) is 5. The lowest BCUT2D eigenvalue weighted by molar-refractivity contribution is -0.160. The van der Waals surface area contributed by atoms with E-state index in [1.54, 1.807) is 23.6 Å². The quantitative estimate of drug-likeness (QED) is 0.547. The molecule has 1 aromatic carbocycles. The van der Waals surface area contributed by atoms with Crippen LogP contribution in [0.15, 0.2) is 79.0 Å². The maximum absolute atomic E-state index is 13.2. The van der Waals surface area contributed by atoms with Crippen LogP contribution in [-0.2, 0) is 22.5 Å². The van der Waals surface area contributed by atoms with Crippen molar-refractivity contribution in [3.8, 4) is 10.4 Å². The van der Waals surface area contributed by atoms with E-state index < -0.39 is 5.60 Å². The highest BCUT2D eigenvalue weighted by atomic mass is 32.1. The Labute approximate surface area is 187 Å². The Bertz CT molecular complexity index is 989. The Balaban J connectivity index is 1.54. The van der Waals surface area contributed by atoms with Gasteiger partial charge in [-0.1, -0.05) is 42.5 Å². The fourth-order valence-electron chi connectivity index (χ4n) is 3.95. The highest BCUT2D eigenvalue weighted by molar-refractivity contribution is 7.13. The van der Waals surface area contributed by atoms with Gasteiger partial charge < -0.3 is 10.1 Å². The van der Waals surface area contributed by atoms with Gasteiger partial charge in [-0.3, -0.25) is 14.7 Å². The van der Waals surface area contributed by atoms with Crippen LogP contribution in [0.5, 0.6) is 0 Å². The van der Waals surface area contributed by atoms with E-state index in [1.165, 1.54) is 10.4 Å². The molecule has 2 aromatic heterocycles. The summed E-state index contributed by atoms with van der Waals surface area (Å²) in [4.78, 5) is 20.9. The van der Waals surface area contributed by atoms with Crippen molar-refractivity contribution in [1.29, 1.82) is 0 Å². The van der Waals surface area contributed by atoms with E-state index in [4.69, 9.17) is 4.74 Å². The van der Waals surface area contributed by atoms with Crippen LogP contribution in [-0.4, -0.2) is 47.6 Å². The van der Waals surface area contributed by atoms with Gasteiger partial charge in [-0.15, -0.1) is 17.9 Å². The molecular formula is C25H27N3O2S. The number of benzene rings is 1. The van der Waals surface area contributed by atoms with Crippen molar-refractivity contribution in [2.75, 3.05) is 26.2 Å². The van der Waals surface area contributed by atoms with Crippen molar-refractivity contribution in [1.82, 2.24) is 15.2 Å². The van der Waals surface area contributed by atoms with Gasteiger partial charge in [0.25, 0.3) is 5.91 Å². The molecule has 1 aliphatic rings. The number of nitrogens with one attached hydrogen (secondary N) is 1. The molecule has 1 fully saturated rings. The Kier molecular flexibility index (Phi) is 6.92. The molecule has 5 nitrogen and oxygen atoms in total. The minimum absolute atomic E-state index is 0.0920. The second kappa shape index (κ2) is 10.0. The third kappa shape index (κ3) is 5.28. The molecule has 1 N–H and O–H groups in total. The number of morpholine rings is 1. The minimum Gasteiger partial charge on any atom is -0.362 e. The molecule has 1 amide bonds. The van der Waals surface area contributed by atoms with Crippen LogP contribution in [0.4, 0.5) is 0 Å². The van der Waals surface area contributed by atoms with Crippen molar-refractivity contribution in [3.63, 3.8) is 0 Å². The van der Waals surface area contributed by atoms with Gasteiger partial charge in [-0.25, -0.2) is 0 Å². The highest BCUT2D eigenvalue weighted by Crippen LogP contribution is 2.28. The van der Waals surface area contributed by atoms with Crippen LogP contribution < -0.4 is 5.32 Å². The molecule has 0 aliphatic carbocycles. The van der Waals surface area contributed by atoms with Gasteiger partial charge in [-0.2, -0.15) is 0 Å². The fraction of sp³-hybridized carbons (Fsp3) is 0.280. The number of carbonyl (C=O) groups excluding carboxylic acids is 1. The smallest absolute Gasteiger partial charge is 0.254 e. The summed E-state index contributed by atoms with van der Waals surface area (Å²) in [5, 5.41) is 5.04. The Morgan fingerprint density at radius 2 is 2.10 bits per heavy atom. The first-order valence-electron chi connectivity index (χ1n) is 10.5. The average Bonchev–Trinajstić information content (AvgIpc) is 3.34. The minimum atomic E-state index is -0.937. The van der Waals surface area contributed by atoms with Crippen molar-refractivity contribution in [2.45, 2.75) is 18.6 Å². The molecule has 0 spiro atoms. The maximum Gasteiger partial charge on any atom is 0.254 e. The van der Waals surface area contributed by atoms with Crippen molar-refractivity contribution >= 4 is 17.2 Å². The van der Waals surface area contributed by atoms with E-state index in [0.717, 1.165) is 24.2 Å². The van der Waals surface area contributed by atoms with Gasteiger partial charge in [0.15, 0.2) is 5.60 Å². The van der Waals surface area contributed by atoms with E-state index in [1.807, 2.05) is 12.3 Å². The van der Waals surface area contributed by atoms with Gasteiger partial charge >= 0.3 is 0 Å². The van der Waals surface area contributed by atoms with E-state index >= 15 is 0 Å². The van der Waals surface area contributed by atoms with Crippen LogP contribution in [0, 0.1) is 0 Å². The van der Waals surface area contributed by atoms with Crippen LogP contribution >= 0.6 is 11.3 Å². The predicted molar refractivity (Wildman–Crippen MR) is 125 cm³/mol. The summed E-state index contributed by atoms with van der Waals surface area (Å²) in [5.74, 6) is -0.0920. The number of rotatable bonds is 8. The summed E-state index contributed by atoms with van der Waals surface area (Å²) in [6, 6.07) is 16.6. The summed E-state index contributed by atoms with van der Waals surface area (Å²) in [6.45, 7) is 6.69. The molecule has 1 aliphatic heterocycles. The zero-order chi connectivity index (χ0) is 21.5. The largest absolute Gasteiger partial charge is 0.362 e. The van der Waals surface area contributed by atoms with E-state index in [-0.39, 0.29) is 5.91 Å². The number of aromatic nitrogens is 1. The first-order valence-corrected chi connectivity index (χ1v) is 11.3. The fourth-order valence-corrected chi connectivity index (χ4v) is 4.68. The molecule has 160 valence electrons. The molecule has 3 heterocycles. The molecule has 0 bridgehead atoms. The SMILES string of the molecule is C=CCNC(=O)[C@]1(Cc2ccc(-c3cccs3)cc2)CN(Cc2cccnc2)CCO1. The summed E-state index contributed by atoms with van der Waals surface area (Å²) in [5.41, 5.74) is 2.46. The molecule has 1 atom stereocenters. The molecule has 0 saturated carbocycles. The third-order valence-corrected chi connectivity index (χ3v) is 6.38. The lowest BCUT2D eigenvalue weighted by atomic mass is 9.90. The zero-order valence-corrected chi connectivity index (χ0v) is 18.3. The molecule has 6 heteroatoms. The summed E-state index contributed by atoms with van der Waals surface area (Å²) < 4.78 is 6.20. The van der Waals surface area contributed by atoms with Crippen molar-refractivity contribution in [3.05, 3.63) is 90.1 Å². The molecule has 1 saturated heterocycles. The molecule has 0 unspecified atom stereocenters. The Morgan fingerprint density at radius 1 is 1.23 bits per heavy atom. The summed E-state index contributed by atoms with van der Waals surface area (Å²) >= 11 is 1.72. The van der Waals surface area contributed by atoms with Gasteiger partial charge in [0.1, 0.15) is 0 Å². The molecule has 31 heavy (non-hydrogen) atoms. The second-order valence-electron chi connectivity index (χ2n) is 7.76. The van der Waals surface area contributed by atoms with Gasteiger partial charge in [0, 0.05) is 49.9 Å². The predicted octanol–water partition coefficient (Wildman–Crippen LogP) is 3.93. The monoisotopic (exact) mass is 433 g/mol. The van der Waals surface area contributed by atoms with Crippen LogP contribution in [0.1, 0.15) is 11.1 Å². The second-order valence-corrected chi connectivity index (χ2v) is 8.71. The number of pyridine rings is 1. The van der Waals surface area contributed by atoms with Gasteiger partial charge in [0.2, 0.25) is 0 Å². The molecule has 3 aromatic rings. The normalized spacial score (nSPS) is 19.1. The standard InChI is InChI=1S/C25H27N3O2S/c1-2-11-27-24(29)25(16-20-7-9-22(10-8-20)23-6-4-15-31-23)19-28(13-14-30-25)18-21-5-3-12-26-17-21/h2-10,12,15,17H,1,11,13-14,16,18-19H2,(H,27,29)/t25-/m0/s1. The molecular weight excluding hydrogens is 406 g/mol. The topological polar surface area (TPSA) is 54.5 Å². The zero-order valence-electron chi connectivity index (χ0n) is 17.5. The number of hydrogen-bond donors (Lipinski definition) is 1. The van der Waals surface area contributed by atoms with Crippen molar-refractivity contribution in [2.24, 2.45) is 0 Å². The van der Waals surface area contributed by atoms with Gasteiger partial charge in [0.05, 0.1) is 6.61 Å². The number of nitrogens with zero attached hydrogens (tertiary/aromatic N) is 2.